The molecule has 1 aromatic carbocycles. The molecule has 1 rings (SSSR count). The van der Waals surface area contributed by atoms with E-state index in [1.807, 2.05) is 32.9 Å². The number of carboxylic acids is 1. The van der Waals surface area contributed by atoms with Crippen LogP contribution in [0.15, 0.2) is 12.1 Å². The second kappa shape index (κ2) is 16.6. The van der Waals surface area contributed by atoms with E-state index >= 15 is 0 Å². The van der Waals surface area contributed by atoms with E-state index in [-0.39, 0.29) is 56.9 Å². The van der Waals surface area contributed by atoms with Crippen molar-refractivity contribution in [2.45, 2.75) is 20.8 Å². The molecule has 0 atom stereocenters. The van der Waals surface area contributed by atoms with Crippen LogP contribution in [0.3, 0.4) is 0 Å². The van der Waals surface area contributed by atoms with Crippen LogP contribution in [0.1, 0.15) is 27.0 Å². The van der Waals surface area contributed by atoms with Gasteiger partial charge in [0, 0.05) is 0 Å². The van der Waals surface area contributed by atoms with E-state index in [2.05, 4.69) is 0 Å². The zero-order chi connectivity index (χ0) is 22.8. The van der Waals surface area contributed by atoms with Crippen LogP contribution >= 0.6 is 0 Å². The molecule has 29 heavy (non-hydrogen) atoms. The van der Waals surface area contributed by atoms with Gasteiger partial charge in [0.2, 0.25) is 0 Å². The van der Waals surface area contributed by atoms with Gasteiger partial charge in [0.25, 0.3) is 0 Å². The van der Waals surface area contributed by atoms with Gasteiger partial charge in [-0.05, 0) is 31.9 Å². The number of aromatic carboxylic acids is 1. The van der Waals surface area contributed by atoms with Crippen molar-refractivity contribution in [2.75, 3.05) is 0 Å². The van der Waals surface area contributed by atoms with Crippen molar-refractivity contribution in [3.8, 4) is 0 Å². The summed E-state index contributed by atoms with van der Waals surface area (Å²) in [6, 6.07) is 3.77. The summed E-state index contributed by atoms with van der Waals surface area (Å²) in [6.45, 7) is 5.61. The molecule has 19 heteroatoms. The van der Waals surface area contributed by atoms with Crippen LogP contribution in [-0.4, -0.2) is 11.1 Å². The zero-order valence-electron chi connectivity index (χ0n) is 15.3. The van der Waals surface area contributed by atoms with Gasteiger partial charge < -0.3 is 10.6 Å². The maximum absolute atomic E-state index is 10.8. The molecule has 168 valence electrons. The molecule has 15 nitrogen and oxygen atoms in total. The van der Waals surface area contributed by atoms with Crippen molar-refractivity contribution in [1.82, 2.24) is 0 Å². The molecule has 0 spiro atoms. The predicted octanol–water partition coefficient (Wildman–Crippen LogP) is -6.52. The Morgan fingerprint density at radius 1 is 0.724 bits per heavy atom. The fourth-order valence-corrected chi connectivity index (χ4v) is 1.52. The number of carboxylic acid groups (broad SMARTS) is 1. The summed E-state index contributed by atoms with van der Waals surface area (Å²) in [5.41, 5.74) is 3.20. The molecule has 0 unspecified atom stereocenters. The summed E-state index contributed by atoms with van der Waals surface area (Å²) >= 11 is -16.9. The number of hydrogen-bond donors (Lipinski definition) is 1. The summed E-state index contributed by atoms with van der Waals surface area (Å²) in [4.78, 5) is 10.8. The molecule has 0 aromatic heterocycles. The molecule has 5 N–H and O–H groups in total. The fourth-order valence-electron chi connectivity index (χ4n) is 1.52. The topological polar surface area (TPSA) is 295 Å². The Bertz CT molecular complexity index is 984. The van der Waals surface area contributed by atoms with Gasteiger partial charge in [-0.3, -0.25) is 0 Å². The summed E-state index contributed by atoms with van der Waals surface area (Å²) in [7, 11) is 0. The molecule has 0 saturated heterocycles. The number of hydrogen-bond acceptors (Lipinski definition) is 13. The summed E-state index contributed by atoms with van der Waals surface area (Å²) < 4.78 is 103. The second-order valence-electron chi connectivity index (χ2n) is 4.21. The van der Waals surface area contributed by atoms with Crippen LogP contribution in [0.2, 0.25) is 0 Å². The minimum absolute atomic E-state index is 0. The van der Waals surface area contributed by atoms with Crippen LogP contribution in [-0.2, 0) is 78.9 Å². The predicted molar refractivity (Wildman–Crippen MR) is 60.1 cm³/mol. The van der Waals surface area contributed by atoms with Gasteiger partial charge in [-0.25, -0.2) is 4.79 Å². The first-order valence-electron chi connectivity index (χ1n) is 5.68. The van der Waals surface area contributed by atoms with Crippen LogP contribution in [0.25, 0.3) is 0 Å². The molecule has 0 aliphatic carbocycles. The Labute approximate surface area is 211 Å². The van der Waals surface area contributed by atoms with E-state index in [0.717, 1.165) is 16.7 Å². The van der Waals surface area contributed by atoms with E-state index in [1.165, 1.54) is 0 Å². The van der Waals surface area contributed by atoms with E-state index in [1.54, 1.807) is 0 Å². The zero-order valence-corrected chi connectivity index (χ0v) is 21.9. The maximum atomic E-state index is 10.8. The van der Waals surface area contributed by atoms with Crippen molar-refractivity contribution in [3.63, 3.8) is 0 Å². The van der Waals surface area contributed by atoms with Crippen LogP contribution < -0.4 is 64.0 Å². The summed E-state index contributed by atoms with van der Waals surface area (Å²) in [5.74, 6) is -0.843. The number of rotatable bonds is 1. The molecule has 0 fully saturated rings. The normalized spacial score (nSPS) is 10.0. The van der Waals surface area contributed by atoms with Gasteiger partial charge in [-0.2, -0.15) is 0 Å². The Morgan fingerprint density at radius 3 is 1.03 bits per heavy atom. The molecule has 0 radical (unpaired) electrons. The van der Waals surface area contributed by atoms with Crippen molar-refractivity contribution in [2.24, 2.45) is 0 Å². The number of benzene rings is 1. The Kier molecular flexibility index (Phi) is 22.6. The number of aryl methyl sites for hydroxylation is 3. The van der Waals surface area contributed by atoms with Crippen LogP contribution in [0.5, 0.6) is 0 Å². The van der Waals surface area contributed by atoms with Crippen LogP contribution in [0, 0.1) is 20.8 Å². The minimum atomic E-state index is -5.62. The van der Waals surface area contributed by atoms with Gasteiger partial charge in [0.05, 0.1) is 5.56 Å². The SMILES string of the molecule is Cc1cc(C)c(C(=O)O)c(C)c1.[K+].[OH4+2].[O]=[Mn](=[O])(=[O])[O-].[O]=[Mn](=[O])(=[O])[O-].[O]=[Mn](=[O])(=[O])[O-]. The Morgan fingerprint density at radius 2 is 0.897 bits per heavy atom. The van der Waals surface area contributed by atoms with Gasteiger partial charge in [-0.15, -0.1) is 0 Å². The summed E-state index contributed by atoms with van der Waals surface area (Å²) in [6.07, 6.45) is 0. The van der Waals surface area contributed by atoms with Crippen LogP contribution in [0.4, 0.5) is 0 Å². The van der Waals surface area contributed by atoms with Gasteiger partial charge in [-0.1, -0.05) is 17.7 Å². The van der Waals surface area contributed by atoms with Crippen molar-refractivity contribution >= 4 is 5.97 Å². The molecule has 0 amide bonds. The van der Waals surface area contributed by atoms with Gasteiger partial charge in [0.1, 0.15) is 0 Å². The molecule has 0 bridgehead atoms. The first-order valence-corrected chi connectivity index (χ1v) is 11.5. The fraction of sp³-hybridized carbons (Fsp3) is 0.300. The van der Waals surface area contributed by atoms with E-state index < -0.39 is 44.9 Å². The molecule has 0 heterocycles. The summed E-state index contributed by atoms with van der Waals surface area (Å²) in [5, 5.41) is 8.84. The second-order valence-corrected chi connectivity index (χ2v) is 7.75. The third kappa shape index (κ3) is 47.3. The molecule has 0 saturated carbocycles. The van der Waals surface area contributed by atoms with Gasteiger partial charge >= 0.3 is 143 Å². The monoisotopic (exact) mass is 580 g/mol. The average molecular weight is 580 g/mol. The first kappa shape index (κ1) is 39.4. The Hall–Kier alpha value is -0.0752. The quantitative estimate of drug-likeness (QED) is 0.302. The van der Waals surface area contributed by atoms with E-state index in [9.17, 15) is 4.79 Å². The molecule has 1 aromatic rings. The third-order valence-corrected chi connectivity index (χ3v) is 1.89. The van der Waals surface area contributed by atoms with Gasteiger partial charge in [0.15, 0.2) is 0 Å². The van der Waals surface area contributed by atoms with E-state index in [4.69, 9.17) is 52.2 Å². The standard InChI is InChI=1S/C10H12O2.K.3Mn.H4O.12O/c1-6-4-7(2)9(10(11)12)8(3)5-6;;;;;;;;;;;;;;;;;/h4-5H,1-3H3,(H,11,12);;;;;1H4;;;;;;;;;;;;/q;+1;;;;+2;;;;;;;;;;3*-1. The average Bonchev–Trinajstić information content (AvgIpc) is 2.17. The Balaban J connectivity index is -0.0000000965. The molecular weight excluding hydrogens is 564 g/mol. The first-order chi connectivity index (χ1) is 11.5. The third-order valence-electron chi connectivity index (χ3n) is 1.89. The van der Waals surface area contributed by atoms with Crippen molar-refractivity contribution in [3.05, 3.63) is 34.4 Å². The molecule has 0 aliphatic heterocycles. The van der Waals surface area contributed by atoms with Crippen molar-refractivity contribution < 1.29 is 153 Å². The van der Waals surface area contributed by atoms with E-state index in [0.29, 0.717) is 5.56 Å². The molecular formula is C10H16KMn3O15. The molecule has 0 aliphatic rings. The van der Waals surface area contributed by atoms with Crippen molar-refractivity contribution in [1.29, 1.82) is 0 Å². The number of carbonyl (C=O) groups is 1.